The van der Waals surface area contributed by atoms with Crippen molar-refractivity contribution in [1.82, 2.24) is 0 Å². The zero-order chi connectivity index (χ0) is 17.1. The number of ether oxygens (including phenoxy) is 2. The third-order valence-corrected chi connectivity index (χ3v) is 2.60. The standard InChI is InChI=1S/C16H15NO4.C2H6/c1-2-20-15(18)12-8-10-13(11-9-12)17-16(19)21-14-6-4-3-5-7-14;1-2/h3-11H,2H2,1H3,(H,17,19);1-2H3. The monoisotopic (exact) mass is 315 g/mol. The normalized spacial score (nSPS) is 9.17. The van der Waals surface area contributed by atoms with Crippen LogP contribution in [0.25, 0.3) is 0 Å². The number of hydrogen-bond donors (Lipinski definition) is 1. The Hall–Kier alpha value is -2.82. The van der Waals surface area contributed by atoms with Gasteiger partial charge in [-0.15, -0.1) is 0 Å². The number of rotatable bonds is 4. The SMILES string of the molecule is CC.CCOC(=O)c1ccc(NC(=O)Oc2ccccc2)cc1. The molecule has 0 saturated heterocycles. The highest BCUT2D eigenvalue weighted by Crippen LogP contribution is 2.13. The lowest BCUT2D eigenvalue weighted by Gasteiger charge is -2.07. The predicted octanol–water partition coefficient (Wildman–Crippen LogP) is 4.50. The van der Waals surface area contributed by atoms with Crippen LogP contribution in [0.15, 0.2) is 54.6 Å². The lowest BCUT2D eigenvalue weighted by molar-refractivity contribution is 0.0526. The summed E-state index contributed by atoms with van der Waals surface area (Å²) >= 11 is 0. The number of anilines is 1. The Balaban J connectivity index is 0.00000127. The summed E-state index contributed by atoms with van der Waals surface area (Å²) in [6, 6.07) is 15.1. The molecule has 0 saturated carbocycles. The van der Waals surface area contributed by atoms with Gasteiger partial charge in [0.2, 0.25) is 0 Å². The van der Waals surface area contributed by atoms with Crippen LogP contribution in [0.3, 0.4) is 0 Å². The molecule has 0 aromatic heterocycles. The van der Waals surface area contributed by atoms with Gasteiger partial charge in [0, 0.05) is 5.69 Å². The average Bonchev–Trinajstić information content (AvgIpc) is 2.58. The van der Waals surface area contributed by atoms with Crippen LogP contribution in [0.2, 0.25) is 0 Å². The molecule has 0 fully saturated rings. The lowest BCUT2D eigenvalue weighted by Crippen LogP contribution is -2.16. The zero-order valence-electron chi connectivity index (χ0n) is 13.5. The highest BCUT2D eigenvalue weighted by Gasteiger charge is 2.08. The molecule has 0 radical (unpaired) electrons. The van der Waals surface area contributed by atoms with E-state index in [0.717, 1.165) is 0 Å². The van der Waals surface area contributed by atoms with Gasteiger partial charge >= 0.3 is 12.1 Å². The van der Waals surface area contributed by atoms with E-state index in [9.17, 15) is 9.59 Å². The summed E-state index contributed by atoms with van der Waals surface area (Å²) in [4.78, 5) is 23.2. The highest BCUT2D eigenvalue weighted by atomic mass is 16.6. The minimum Gasteiger partial charge on any atom is -0.462 e. The van der Waals surface area contributed by atoms with E-state index in [4.69, 9.17) is 9.47 Å². The Morgan fingerprint density at radius 1 is 0.957 bits per heavy atom. The smallest absolute Gasteiger partial charge is 0.417 e. The van der Waals surface area contributed by atoms with Gasteiger partial charge in [-0.3, -0.25) is 5.32 Å². The van der Waals surface area contributed by atoms with E-state index < -0.39 is 12.1 Å². The highest BCUT2D eigenvalue weighted by molar-refractivity contribution is 5.91. The van der Waals surface area contributed by atoms with E-state index in [1.807, 2.05) is 19.9 Å². The topological polar surface area (TPSA) is 64.6 Å². The first kappa shape index (κ1) is 18.2. The fourth-order valence-electron chi connectivity index (χ4n) is 1.64. The van der Waals surface area contributed by atoms with Crippen molar-refractivity contribution in [1.29, 1.82) is 0 Å². The molecule has 2 aromatic carbocycles. The lowest BCUT2D eigenvalue weighted by atomic mass is 10.2. The van der Waals surface area contributed by atoms with Crippen LogP contribution < -0.4 is 10.1 Å². The van der Waals surface area contributed by atoms with Crippen molar-refractivity contribution in [2.24, 2.45) is 0 Å². The van der Waals surface area contributed by atoms with Crippen LogP contribution in [-0.4, -0.2) is 18.7 Å². The molecule has 0 atom stereocenters. The summed E-state index contributed by atoms with van der Waals surface area (Å²) in [5, 5.41) is 2.58. The Labute approximate surface area is 136 Å². The first-order valence-electron chi connectivity index (χ1n) is 7.50. The van der Waals surface area contributed by atoms with Crippen molar-refractivity contribution < 1.29 is 19.1 Å². The summed E-state index contributed by atoms with van der Waals surface area (Å²) in [6.45, 7) is 6.07. The number of nitrogens with one attached hydrogen (secondary N) is 1. The molecule has 0 bridgehead atoms. The quantitative estimate of drug-likeness (QED) is 0.844. The number of benzene rings is 2. The molecule has 1 amide bonds. The minimum atomic E-state index is -0.593. The number of para-hydroxylation sites is 1. The summed E-state index contributed by atoms with van der Waals surface area (Å²) in [6.07, 6.45) is -0.593. The number of amides is 1. The van der Waals surface area contributed by atoms with Gasteiger partial charge in [-0.25, -0.2) is 9.59 Å². The molecule has 0 aliphatic heterocycles. The van der Waals surface area contributed by atoms with Gasteiger partial charge in [0.1, 0.15) is 5.75 Å². The fourth-order valence-corrected chi connectivity index (χ4v) is 1.64. The van der Waals surface area contributed by atoms with E-state index in [2.05, 4.69) is 5.32 Å². The molecule has 5 nitrogen and oxygen atoms in total. The van der Waals surface area contributed by atoms with Crippen LogP contribution in [0.4, 0.5) is 10.5 Å². The molecule has 122 valence electrons. The third kappa shape index (κ3) is 6.22. The van der Waals surface area contributed by atoms with E-state index >= 15 is 0 Å². The first-order valence-corrected chi connectivity index (χ1v) is 7.50. The van der Waals surface area contributed by atoms with Gasteiger partial charge in [0.05, 0.1) is 12.2 Å². The van der Waals surface area contributed by atoms with Gasteiger partial charge in [0.25, 0.3) is 0 Å². The number of esters is 1. The molecule has 23 heavy (non-hydrogen) atoms. The van der Waals surface area contributed by atoms with Crippen molar-refractivity contribution in [2.45, 2.75) is 20.8 Å². The Bertz CT molecular complexity index is 609. The predicted molar refractivity (Wildman–Crippen MR) is 89.8 cm³/mol. The van der Waals surface area contributed by atoms with E-state index in [1.54, 1.807) is 55.5 Å². The van der Waals surface area contributed by atoms with E-state index in [-0.39, 0.29) is 0 Å². The molecule has 0 spiro atoms. The van der Waals surface area contributed by atoms with Crippen LogP contribution >= 0.6 is 0 Å². The second-order valence-electron chi connectivity index (χ2n) is 4.13. The van der Waals surface area contributed by atoms with Gasteiger partial charge < -0.3 is 9.47 Å². The van der Waals surface area contributed by atoms with Crippen molar-refractivity contribution in [3.8, 4) is 5.75 Å². The summed E-state index contributed by atoms with van der Waals surface area (Å²) in [5.41, 5.74) is 0.961. The Morgan fingerprint density at radius 3 is 2.13 bits per heavy atom. The summed E-state index contributed by atoms with van der Waals surface area (Å²) in [5.74, 6) is 0.0639. The molecule has 2 aromatic rings. The van der Waals surface area contributed by atoms with Crippen LogP contribution in [0.5, 0.6) is 5.75 Å². The zero-order valence-corrected chi connectivity index (χ0v) is 13.5. The average molecular weight is 315 g/mol. The number of hydrogen-bond acceptors (Lipinski definition) is 4. The molecular weight excluding hydrogens is 294 g/mol. The summed E-state index contributed by atoms with van der Waals surface area (Å²) in [7, 11) is 0. The van der Waals surface area contributed by atoms with Gasteiger partial charge in [-0.1, -0.05) is 32.0 Å². The third-order valence-electron chi connectivity index (χ3n) is 2.60. The number of carbonyl (C=O) groups is 2. The van der Waals surface area contributed by atoms with Crippen LogP contribution in [0.1, 0.15) is 31.1 Å². The molecule has 0 heterocycles. The minimum absolute atomic E-state index is 0.322. The maximum atomic E-state index is 11.7. The first-order chi connectivity index (χ1) is 11.2. The Kier molecular flexibility index (Phi) is 7.92. The van der Waals surface area contributed by atoms with Crippen molar-refractivity contribution in [2.75, 3.05) is 11.9 Å². The molecule has 5 heteroatoms. The second-order valence-corrected chi connectivity index (χ2v) is 4.13. The molecule has 0 aliphatic carbocycles. The van der Waals surface area contributed by atoms with Crippen LogP contribution in [0, 0.1) is 0 Å². The van der Waals surface area contributed by atoms with E-state index in [1.165, 1.54) is 0 Å². The van der Waals surface area contributed by atoms with Gasteiger partial charge in [-0.05, 0) is 43.3 Å². The molecule has 0 aliphatic rings. The van der Waals surface area contributed by atoms with Crippen molar-refractivity contribution in [3.05, 3.63) is 60.2 Å². The van der Waals surface area contributed by atoms with Gasteiger partial charge in [-0.2, -0.15) is 0 Å². The molecular formula is C18H21NO4. The largest absolute Gasteiger partial charge is 0.462 e. The number of carbonyl (C=O) groups excluding carboxylic acids is 2. The summed E-state index contributed by atoms with van der Waals surface area (Å²) < 4.78 is 9.97. The Morgan fingerprint density at radius 2 is 1.57 bits per heavy atom. The second kappa shape index (κ2) is 10.00. The maximum Gasteiger partial charge on any atom is 0.417 e. The van der Waals surface area contributed by atoms with E-state index in [0.29, 0.717) is 23.6 Å². The van der Waals surface area contributed by atoms with Gasteiger partial charge in [0.15, 0.2) is 0 Å². The van der Waals surface area contributed by atoms with Crippen molar-refractivity contribution >= 4 is 17.7 Å². The molecule has 0 unspecified atom stereocenters. The maximum absolute atomic E-state index is 11.7. The molecule has 2 rings (SSSR count). The van der Waals surface area contributed by atoms with Crippen molar-refractivity contribution in [3.63, 3.8) is 0 Å². The molecule has 1 N–H and O–H groups in total. The fraction of sp³-hybridized carbons (Fsp3) is 0.222. The van der Waals surface area contributed by atoms with Crippen LogP contribution in [-0.2, 0) is 4.74 Å².